The molecule has 2 aromatic rings. The molecule has 0 aromatic heterocycles. The summed E-state index contributed by atoms with van der Waals surface area (Å²) in [4.78, 5) is 0. The Morgan fingerprint density at radius 2 is 1.88 bits per heavy atom. The van der Waals surface area contributed by atoms with Crippen molar-refractivity contribution in [2.75, 3.05) is 5.32 Å². The first kappa shape index (κ1) is 12.6. The maximum atomic E-state index is 13.0. The van der Waals surface area contributed by atoms with Crippen molar-refractivity contribution in [3.05, 3.63) is 62.8 Å². The van der Waals surface area contributed by atoms with Crippen LogP contribution in [0.1, 0.15) is 5.56 Å². The minimum atomic E-state index is -0.252. The molecule has 0 bridgehead atoms. The van der Waals surface area contributed by atoms with Crippen molar-refractivity contribution in [1.82, 2.24) is 0 Å². The van der Waals surface area contributed by atoms with Gasteiger partial charge in [0.1, 0.15) is 5.82 Å². The second-order valence-electron chi connectivity index (χ2n) is 3.61. The molecule has 4 heteroatoms. The van der Waals surface area contributed by atoms with Crippen LogP contribution in [0.3, 0.4) is 0 Å². The fourth-order valence-electron chi connectivity index (χ4n) is 1.46. The molecule has 0 aliphatic carbocycles. The summed E-state index contributed by atoms with van der Waals surface area (Å²) in [5, 5.41) is 3.24. The number of hydrogen-bond donors (Lipinski definition) is 1. The molecule has 0 aliphatic heterocycles. The number of hydrogen-bond acceptors (Lipinski definition) is 1. The van der Waals surface area contributed by atoms with Crippen molar-refractivity contribution in [1.29, 1.82) is 0 Å². The Labute approximate surface area is 116 Å². The van der Waals surface area contributed by atoms with Gasteiger partial charge in [-0.1, -0.05) is 28.1 Å². The molecule has 17 heavy (non-hydrogen) atoms. The first-order valence-corrected chi connectivity index (χ1v) is 6.67. The van der Waals surface area contributed by atoms with Crippen LogP contribution in [-0.4, -0.2) is 0 Å². The molecular formula is C13H10Br2FN. The lowest BCUT2D eigenvalue weighted by Crippen LogP contribution is -1.99. The van der Waals surface area contributed by atoms with E-state index < -0.39 is 0 Å². The molecule has 88 valence electrons. The van der Waals surface area contributed by atoms with Gasteiger partial charge in [0.15, 0.2) is 0 Å². The lowest BCUT2D eigenvalue weighted by Gasteiger charge is -2.07. The number of halogens is 3. The molecule has 1 nitrogen and oxygen atoms in total. The van der Waals surface area contributed by atoms with Crippen molar-refractivity contribution in [2.45, 2.75) is 6.54 Å². The molecule has 0 aliphatic rings. The van der Waals surface area contributed by atoms with Crippen LogP contribution < -0.4 is 5.32 Å². The van der Waals surface area contributed by atoms with E-state index in [4.69, 9.17) is 0 Å². The van der Waals surface area contributed by atoms with Crippen LogP contribution in [0, 0.1) is 5.82 Å². The molecule has 1 N–H and O–H groups in total. The lowest BCUT2D eigenvalue weighted by atomic mass is 10.2. The van der Waals surface area contributed by atoms with Gasteiger partial charge in [-0.2, -0.15) is 0 Å². The summed E-state index contributed by atoms with van der Waals surface area (Å²) < 4.78 is 14.6. The van der Waals surface area contributed by atoms with Crippen molar-refractivity contribution < 1.29 is 4.39 Å². The van der Waals surface area contributed by atoms with Gasteiger partial charge >= 0.3 is 0 Å². The zero-order valence-corrected chi connectivity index (χ0v) is 12.1. The van der Waals surface area contributed by atoms with Gasteiger partial charge in [-0.3, -0.25) is 0 Å². The number of rotatable bonds is 3. The van der Waals surface area contributed by atoms with E-state index in [1.807, 2.05) is 24.3 Å². The summed E-state index contributed by atoms with van der Waals surface area (Å²) in [6, 6.07) is 12.9. The van der Waals surface area contributed by atoms with Crippen molar-refractivity contribution in [3.8, 4) is 0 Å². The lowest BCUT2D eigenvalue weighted by molar-refractivity contribution is 0.621. The van der Waals surface area contributed by atoms with E-state index in [0.717, 1.165) is 10.2 Å². The molecule has 0 saturated heterocycles. The Bertz CT molecular complexity index is 529. The van der Waals surface area contributed by atoms with Gasteiger partial charge in [-0.25, -0.2) is 4.39 Å². The Hall–Kier alpha value is -0.870. The van der Waals surface area contributed by atoms with Crippen molar-refractivity contribution >= 4 is 37.5 Å². The average Bonchev–Trinajstić information content (AvgIpc) is 2.31. The summed E-state index contributed by atoms with van der Waals surface area (Å²) in [5.41, 5.74) is 2.05. The van der Waals surface area contributed by atoms with Gasteiger partial charge in [0.25, 0.3) is 0 Å². The SMILES string of the molecule is Fc1ccc(NCc2cccc(Br)c2)cc1Br. The maximum absolute atomic E-state index is 13.0. The van der Waals surface area contributed by atoms with Gasteiger partial charge in [-0.05, 0) is 51.8 Å². The average molecular weight is 359 g/mol. The van der Waals surface area contributed by atoms with E-state index >= 15 is 0 Å². The number of anilines is 1. The molecule has 0 fully saturated rings. The zero-order chi connectivity index (χ0) is 12.3. The van der Waals surface area contributed by atoms with Gasteiger partial charge in [-0.15, -0.1) is 0 Å². The fraction of sp³-hybridized carbons (Fsp3) is 0.0769. The Morgan fingerprint density at radius 3 is 2.59 bits per heavy atom. The van der Waals surface area contributed by atoms with E-state index in [1.54, 1.807) is 12.1 Å². The predicted molar refractivity (Wildman–Crippen MR) is 75.6 cm³/mol. The maximum Gasteiger partial charge on any atom is 0.137 e. The minimum absolute atomic E-state index is 0.252. The Balaban J connectivity index is 2.05. The predicted octanol–water partition coefficient (Wildman–Crippen LogP) is 4.96. The highest BCUT2D eigenvalue weighted by Gasteiger charge is 2.00. The second kappa shape index (κ2) is 5.65. The topological polar surface area (TPSA) is 12.0 Å². The quantitative estimate of drug-likeness (QED) is 0.817. The summed E-state index contributed by atoms with van der Waals surface area (Å²) >= 11 is 6.59. The Morgan fingerprint density at radius 1 is 1.06 bits per heavy atom. The van der Waals surface area contributed by atoms with E-state index in [2.05, 4.69) is 37.2 Å². The molecule has 2 rings (SSSR count). The van der Waals surface area contributed by atoms with Crippen LogP contribution >= 0.6 is 31.9 Å². The summed E-state index contributed by atoms with van der Waals surface area (Å²) in [5.74, 6) is -0.252. The summed E-state index contributed by atoms with van der Waals surface area (Å²) in [6.45, 7) is 0.706. The number of benzene rings is 2. The first-order chi connectivity index (χ1) is 8.15. The van der Waals surface area contributed by atoms with Gasteiger partial charge in [0, 0.05) is 16.7 Å². The molecule has 0 unspecified atom stereocenters. The molecule has 0 amide bonds. The number of nitrogens with one attached hydrogen (secondary N) is 1. The molecule has 2 aromatic carbocycles. The van der Waals surface area contributed by atoms with Crippen LogP contribution in [0.5, 0.6) is 0 Å². The molecule has 0 radical (unpaired) electrons. The molecular weight excluding hydrogens is 349 g/mol. The second-order valence-corrected chi connectivity index (χ2v) is 5.38. The smallest absolute Gasteiger partial charge is 0.137 e. The van der Waals surface area contributed by atoms with Crippen LogP contribution in [-0.2, 0) is 6.54 Å². The summed E-state index contributed by atoms with van der Waals surface area (Å²) in [6.07, 6.45) is 0. The van der Waals surface area contributed by atoms with Crippen LogP contribution in [0.15, 0.2) is 51.4 Å². The van der Waals surface area contributed by atoms with Crippen LogP contribution in [0.2, 0.25) is 0 Å². The first-order valence-electron chi connectivity index (χ1n) is 5.08. The third kappa shape index (κ3) is 3.54. The summed E-state index contributed by atoms with van der Waals surface area (Å²) in [7, 11) is 0. The highest BCUT2D eigenvalue weighted by Crippen LogP contribution is 2.20. The normalized spacial score (nSPS) is 10.3. The van der Waals surface area contributed by atoms with E-state index in [9.17, 15) is 4.39 Å². The zero-order valence-electron chi connectivity index (χ0n) is 8.88. The fourth-order valence-corrected chi connectivity index (χ4v) is 2.28. The van der Waals surface area contributed by atoms with Gasteiger partial charge < -0.3 is 5.32 Å². The minimum Gasteiger partial charge on any atom is -0.381 e. The van der Waals surface area contributed by atoms with Crippen molar-refractivity contribution in [2.24, 2.45) is 0 Å². The Kier molecular flexibility index (Phi) is 4.18. The van der Waals surface area contributed by atoms with Gasteiger partial charge in [0.05, 0.1) is 4.47 Å². The monoisotopic (exact) mass is 357 g/mol. The van der Waals surface area contributed by atoms with Crippen molar-refractivity contribution in [3.63, 3.8) is 0 Å². The van der Waals surface area contributed by atoms with Crippen LogP contribution in [0.25, 0.3) is 0 Å². The standard InChI is InChI=1S/C13H10Br2FN/c14-10-3-1-2-9(6-10)8-17-11-4-5-13(16)12(15)7-11/h1-7,17H,8H2. The third-order valence-corrected chi connectivity index (χ3v) is 3.41. The van der Waals surface area contributed by atoms with Gasteiger partial charge in [0.2, 0.25) is 0 Å². The molecule has 0 atom stereocenters. The molecule has 0 heterocycles. The van der Waals surface area contributed by atoms with E-state index in [0.29, 0.717) is 11.0 Å². The molecule has 0 saturated carbocycles. The largest absolute Gasteiger partial charge is 0.381 e. The van der Waals surface area contributed by atoms with E-state index in [-0.39, 0.29) is 5.82 Å². The highest BCUT2D eigenvalue weighted by molar-refractivity contribution is 9.10. The van der Waals surface area contributed by atoms with E-state index in [1.165, 1.54) is 11.6 Å². The molecule has 0 spiro atoms. The highest BCUT2D eigenvalue weighted by atomic mass is 79.9. The third-order valence-electron chi connectivity index (χ3n) is 2.31. The van der Waals surface area contributed by atoms with Crippen LogP contribution in [0.4, 0.5) is 10.1 Å².